The van der Waals surface area contributed by atoms with E-state index in [0.717, 1.165) is 49.8 Å². The first-order chi connectivity index (χ1) is 11.8. The van der Waals surface area contributed by atoms with Crippen LogP contribution in [0.25, 0.3) is 22.3 Å². The van der Waals surface area contributed by atoms with Crippen molar-refractivity contribution in [3.05, 3.63) is 54.2 Å². The lowest BCUT2D eigenvalue weighted by molar-refractivity contribution is 0.0344. The number of aromatic nitrogens is 2. The SMILES string of the molecule is Nc1ccc(-c2cc(CN3CCOCC3)c3ccccc3n2)nc1. The fourth-order valence-corrected chi connectivity index (χ4v) is 3.07. The van der Waals surface area contributed by atoms with Gasteiger partial charge in [0, 0.05) is 25.0 Å². The molecule has 0 atom stereocenters. The van der Waals surface area contributed by atoms with Crippen LogP contribution in [0.15, 0.2) is 48.7 Å². The van der Waals surface area contributed by atoms with Crippen LogP contribution in [0, 0.1) is 0 Å². The van der Waals surface area contributed by atoms with Gasteiger partial charge in [-0.25, -0.2) is 4.98 Å². The van der Waals surface area contributed by atoms with Crippen molar-refractivity contribution in [1.82, 2.24) is 14.9 Å². The molecule has 0 bridgehead atoms. The van der Waals surface area contributed by atoms with Gasteiger partial charge in [0.25, 0.3) is 0 Å². The molecule has 1 saturated heterocycles. The molecular formula is C19H20N4O. The zero-order valence-electron chi connectivity index (χ0n) is 13.5. The Morgan fingerprint density at radius 2 is 1.88 bits per heavy atom. The summed E-state index contributed by atoms with van der Waals surface area (Å²) < 4.78 is 5.45. The second-order valence-corrected chi connectivity index (χ2v) is 6.05. The highest BCUT2D eigenvalue weighted by Gasteiger charge is 2.14. The van der Waals surface area contributed by atoms with Crippen LogP contribution in [0.5, 0.6) is 0 Å². The smallest absolute Gasteiger partial charge is 0.0897 e. The van der Waals surface area contributed by atoms with Crippen LogP contribution in [-0.2, 0) is 11.3 Å². The van der Waals surface area contributed by atoms with Crippen LogP contribution in [0.3, 0.4) is 0 Å². The Labute approximate surface area is 141 Å². The molecule has 0 aliphatic carbocycles. The number of nitrogens with two attached hydrogens (primary N) is 1. The summed E-state index contributed by atoms with van der Waals surface area (Å²) in [4.78, 5) is 11.6. The molecule has 1 fully saturated rings. The highest BCUT2D eigenvalue weighted by Crippen LogP contribution is 2.25. The van der Waals surface area contributed by atoms with Gasteiger partial charge in [0.1, 0.15) is 0 Å². The molecule has 0 radical (unpaired) electrons. The first kappa shape index (κ1) is 15.1. The van der Waals surface area contributed by atoms with Crippen LogP contribution >= 0.6 is 0 Å². The van der Waals surface area contributed by atoms with Crippen molar-refractivity contribution in [1.29, 1.82) is 0 Å². The van der Waals surface area contributed by atoms with E-state index >= 15 is 0 Å². The van der Waals surface area contributed by atoms with E-state index in [4.69, 9.17) is 15.5 Å². The molecule has 5 nitrogen and oxygen atoms in total. The Hall–Kier alpha value is -2.50. The van der Waals surface area contributed by atoms with Crippen LogP contribution in [-0.4, -0.2) is 41.2 Å². The zero-order valence-corrected chi connectivity index (χ0v) is 13.5. The second-order valence-electron chi connectivity index (χ2n) is 6.05. The standard InChI is InChI=1S/C19H20N4O/c20-15-5-6-18(21-12-15)19-11-14(13-23-7-9-24-10-8-23)16-3-1-2-4-17(16)22-19/h1-6,11-12H,7-10,13,20H2. The maximum Gasteiger partial charge on any atom is 0.0897 e. The number of hydrogen-bond acceptors (Lipinski definition) is 5. The molecule has 0 saturated carbocycles. The van der Waals surface area contributed by atoms with Crippen molar-refractivity contribution in [2.75, 3.05) is 32.0 Å². The second kappa shape index (κ2) is 6.55. The summed E-state index contributed by atoms with van der Waals surface area (Å²) in [6, 6.07) is 14.2. The van der Waals surface area contributed by atoms with E-state index in [-0.39, 0.29) is 0 Å². The van der Waals surface area contributed by atoms with E-state index in [1.54, 1.807) is 6.20 Å². The average molecular weight is 320 g/mol. The minimum absolute atomic E-state index is 0.660. The van der Waals surface area contributed by atoms with Crippen LogP contribution < -0.4 is 5.73 Å². The first-order valence-corrected chi connectivity index (χ1v) is 8.20. The third kappa shape index (κ3) is 3.09. The predicted molar refractivity (Wildman–Crippen MR) is 95.5 cm³/mol. The largest absolute Gasteiger partial charge is 0.397 e. The van der Waals surface area contributed by atoms with Gasteiger partial charge >= 0.3 is 0 Å². The molecule has 4 rings (SSSR count). The summed E-state index contributed by atoms with van der Waals surface area (Å²) >= 11 is 0. The molecule has 122 valence electrons. The summed E-state index contributed by atoms with van der Waals surface area (Å²) in [6.07, 6.45) is 1.67. The minimum atomic E-state index is 0.660. The molecule has 0 unspecified atom stereocenters. The van der Waals surface area contributed by atoms with Crippen molar-refractivity contribution in [3.63, 3.8) is 0 Å². The van der Waals surface area contributed by atoms with Crippen molar-refractivity contribution in [2.24, 2.45) is 0 Å². The molecule has 0 amide bonds. The van der Waals surface area contributed by atoms with Gasteiger partial charge in [-0.3, -0.25) is 9.88 Å². The van der Waals surface area contributed by atoms with Gasteiger partial charge in [0.05, 0.1) is 42.0 Å². The maximum atomic E-state index is 5.75. The molecule has 1 aliphatic rings. The lowest BCUT2D eigenvalue weighted by atomic mass is 10.1. The number of nitrogen functional groups attached to an aromatic ring is 1. The molecule has 1 aliphatic heterocycles. The monoisotopic (exact) mass is 320 g/mol. The van der Waals surface area contributed by atoms with Crippen molar-refractivity contribution < 1.29 is 4.74 Å². The number of hydrogen-bond donors (Lipinski definition) is 1. The molecular weight excluding hydrogens is 300 g/mol. The highest BCUT2D eigenvalue weighted by molar-refractivity contribution is 5.84. The summed E-state index contributed by atoms with van der Waals surface area (Å²) in [5.74, 6) is 0. The Bertz CT molecular complexity index is 842. The van der Waals surface area contributed by atoms with Gasteiger partial charge in [-0.2, -0.15) is 0 Å². The van der Waals surface area contributed by atoms with Gasteiger partial charge in [-0.05, 0) is 29.8 Å². The number of nitrogens with zero attached hydrogens (tertiary/aromatic N) is 3. The van der Waals surface area contributed by atoms with Gasteiger partial charge in [0.15, 0.2) is 0 Å². The Morgan fingerprint density at radius 1 is 1.04 bits per heavy atom. The van der Waals surface area contributed by atoms with Crippen LogP contribution in [0.4, 0.5) is 5.69 Å². The quantitative estimate of drug-likeness (QED) is 0.804. The lowest BCUT2D eigenvalue weighted by Crippen LogP contribution is -2.35. The zero-order chi connectivity index (χ0) is 16.4. The van der Waals surface area contributed by atoms with Crippen LogP contribution in [0.2, 0.25) is 0 Å². The molecule has 5 heteroatoms. The number of anilines is 1. The summed E-state index contributed by atoms with van der Waals surface area (Å²) in [7, 11) is 0. The number of fused-ring (bicyclic) bond motifs is 1. The Kier molecular flexibility index (Phi) is 4.11. The molecule has 1 aromatic carbocycles. The number of morpholine rings is 1. The number of ether oxygens (including phenoxy) is 1. The molecule has 24 heavy (non-hydrogen) atoms. The van der Waals surface area contributed by atoms with Gasteiger partial charge in [-0.15, -0.1) is 0 Å². The van der Waals surface area contributed by atoms with E-state index in [0.29, 0.717) is 5.69 Å². The highest BCUT2D eigenvalue weighted by atomic mass is 16.5. The van der Waals surface area contributed by atoms with E-state index < -0.39 is 0 Å². The van der Waals surface area contributed by atoms with E-state index in [9.17, 15) is 0 Å². The minimum Gasteiger partial charge on any atom is -0.397 e. The van der Waals surface area contributed by atoms with Gasteiger partial charge < -0.3 is 10.5 Å². The molecule has 2 N–H and O–H groups in total. The summed E-state index contributed by atoms with van der Waals surface area (Å²) in [5, 5.41) is 1.20. The number of pyridine rings is 2. The van der Waals surface area contributed by atoms with Crippen molar-refractivity contribution >= 4 is 16.6 Å². The third-order valence-electron chi connectivity index (χ3n) is 4.35. The van der Waals surface area contributed by atoms with E-state index in [1.165, 1.54) is 10.9 Å². The van der Waals surface area contributed by atoms with Crippen molar-refractivity contribution in [2.45, 2.75) is 6.54 Å². The summed E-state index contributed by atoms with van der Waals surface area (Å²) in [6.45, 7) is 4.43. The van der Waals surface area contributed by atoms with Crippen molar-refractivity contribution in [3.8, 4) is 11.4 Å². The Balaban J connectivity index is 1.76. The number of rotatable bonds is 3. The van der Waals surface area contributed by atoms with E-state index in [1.807, 2.05) is 18.2 Å². The summed E-state index contributed by atoms with van der Waals surface area (Å²) in [5.41, 5.74) is 10.4. The molecule has 3 aromatic rings. The predicted octanol–water partition coefficient (Wildman–Crippen LogP) is 2.71. The Morgan fingerprint density at radius 3 is 2.67 bits per heavy atom. The fourth-order valence-electron chi connectivity index (χ4n) is 3.07. The molecule has 0 spiro atoms. The average Bonchev–Trinajstić information content (AvgIpc) is 2.63. The van der Waals surface area contributed by atoms with Gasteiger partial charge in [0.2, 0.25) is 0 Å². The number of benzene rings is 1. The maximum absolute atomic E-state index is 5.75. The van der Waals surface area contributed by atoms with Crippen LogP contribution in [0.1, 0.15) is 5.56 Å². The number of para-hydroxylation sites is 1. The first-order valence-electron chi connectivity index (χ1n) is 8.20. The third-order valence-corrected chi connectivity index (χ3v) is 4.35. The normalized spacial score (nSPS) is 15.7. The lowest BCUT2D eigenvalue weighted by Gasteiger charge is -2.27. The molecule has 3 heterocycles. The topological polar surface area (TPSA) is 64.3 Å². The van der Waals surface area contributed by atoms with Gasteiger partial charge in [-0.1, -0.05) is 18.2 Å². The molecule has 2 aromatic heterocycles. The van der Waals surface area contributed by atoms with E-state index in [2.05, 4.69) is 34.1 Å². The fraction of sp³-hybridized carbons (Fsp3) is 0.263.